The zero-order valence-electron chi connectivity index (χ0n) is 19.3. The maximum Gasteiger partial charge on any atom is 0.188 e. The van der Waals surface area contributed by atoms with Crippen molar-refractivity contribution >= 4 is 12.2 Å². The van der Waals surface area contributed by atoms with Crippen LogP contribution in [0.15, 0.2) is 30.3 Å². The van der Waals surface area contributed by atoms with Gasteiger partial charge in [-0.15, -0.1) is 0 Å². The van der Waals surface area contributed by atoms with Gasteiger partial charge in [-0.2, -0.15) is 0 Å². The van der Waals surface area contributed by atoms with E-state index in [-0.39, 0.29) is 5.96 Å². The van der Waals surface area contributed by atoms with Gasteiger partial charge in [-0.3, -0.25) is 5.41 Å². The normalized spacial score (nSPS) is 24.2. The lowest BCUT2D eigenvalue weighted by Gasteiger charge is -2.38. The van der Waals surface area contributed by atoms with Gasteiger partial charge in [0, 0.05) is 19.6 Å². The van der Waals surface area contributed by atoms with E-state index in [4.69, 9.17) is 5.41 Å². The molecule has 0 bridgehead atoms. The third-order valence-corrected chi connectivity index (χ3v) is 7.45. The molecule has 4 N–H and O–H groups in total. The second kappa shape index (κ2) is 12.2. The quantitative estimate of drug-likeness (QED) is 0.247. The molecule has 2 aliphatic rings. The van der Waals surface area contributed by atoms with Crippen molar-refractivity contribution in [3.8, 4) is 0 Å². The topological polar surface area (TPSA) is 77.0 Å². The maximum atomic E-state index is 12.4. The van der Waals surface area contributed by atoms with Gasteiger partial charge in [0.2, 0.25) is 0 Å². The van der Waals surface area contributed by atoms with E-state index in [1.807, 2.05) is 0 Å². The number of carbonyl (C=O) groups is 1. The van der Waals surface area contributed by atoms with E-state index in [0.29, 0.717) is 12.0 Å². The van der Waals surface area contributed by atoms with Gasteiger partial charge in [0.05, 0.1) is 5.54 Å². The molecule has 0 heterocycles. The molecular formula is C26H42N4O. The Morgan fingerprint density at radius 1 is 1.06 bits per heavy atom. The zero-order valence-corrected chi connectivity index (χ0v) is 19.3. The van der Waals surface area contributed by atoms with E-state index in [2.05, 4.69) is 46.3 Å². The Hall–Kier alpha value is -1.88. The van der Waals surface area contributed by atoms with Crippen molar-refractivity contribution in [3.63, 3.8) is 0 Å². The smallest absolute Gasteiger partial charge is 0.188 e. The highest BCUT2D eigenvalue weighted by atomic mass is 16.1. The molecule has 1 aromatic carbocycles. The molecular weight excluding hydrogens is 384 g/mol. The van der Waals surface area contributed by atoms with E-state index in [1.165, 1.54) is 56.9 Å². The molecule has 5 heteroatoms. The number of nitrogens with one attached hydrogen (secondary N) is 4. The van der Waals surface area contributed by atoms with Crippen LogP contribution in [0.4, 0.5) is 0 Å². The van der Waals surface area contributed by atoms with Crippen molar-refractivity contribution in [1.82, 2.24) is 16.0 Å². The number of rotatable bonds is 10. The monoisotopic (exact) mass is 426 g/mol. The summed E-state index contributed by atoms with van der Waals surface area (Å²) in [6, 6.07) is 11.1. The minimum absolute atomic E-state index is 0.255. The molecule has 2 fully saturated rings. The van der Waals surface area contributed by atoms with Crippen molar-refractivity contribution in [1.29, 1.82) is 5.41 Å². The molecule has 1 aromatic rings. The first-order valence-corrected chi connectivity index (χ1v) is 12.4. The number of hydrogen-bond acceptors (Lipinski definition) is 3. The molecule has 0 saturated heterocycles. The number of guanidine groups is 1. The van der Waals surface area contributed by atoms with Gasteiger partial charge < -0.3 is 20.7 Å². The van der Waals surface area contributed by atoms with Gasteiger partial charge in [-0.25, -0.2) is 0 Å². The van der Waals surface area contributed by atoms with Crippen molar-refractivity contribution in [2.24, 2.45) is 11.8 Å². The summed E-state index contributed by atoms with van der Waals surface area (Å²) in [5.74, 6) is 1.51. The number of hydrogen-bond donors (Lipinski definition) is 4. The van der Waals surface area contributed by atoms with Gasteiger partial charge in [0.15, 0.2) is 5.96 Å². The second-order valence-corrected chi connectivity index (χ2v) is 9.87. The zero-order chi connectivity index (χ0) is 21.9. The van der Waals surface area contributed by atoms with Gasteiger partial charge in [0.1, 0.15) is 6.29 Å². The molecule has 0 radical (unpaired) electrons. The standard InChI is InChI=1S/C26H42N4O/c1-28-25(27)30-26(20-31,16-15-21-9-4-2-5-10-21)18-23-13-8-14-24(17-23)29-19-22-11-6-3-7-12-22/h3,6-7,11-12,20-21,23-24,29H,2,4-5,8-10,13-19H2,1H3,(H3,27,28,30)/t23-,24?,26-/m1/s1. The van der Waals surface area contributed by atoms with Crippen LogP contribution in [0.5, 0.6) is 0 Å². The van der Waals surface area contributed by atoms with Crippen LogP contribution in [-0.2, 0) is 11.3 Å². The fourth-order valence-electron chi connectivity index (χ4n) is 5.64. The first-order chi connectivity index (χ1) is 15.1. The molecule has 0 aliphatic heterocycles. The Labute approximate surface area is 188 Å². The van der Waals surface area contributed by atoms with E-state index >= 15 is 0 Å². The molecule has 2 aliphatic carbocycles. The summed E-state index contributed by atoms with van der Waals surface area (Å²) in [6.07, 6.45) is 15.2. The summed E-state index contributed by atoms with van der Waals surface area (Å²) >= 11 is 0. The predicted molar refractivity (Wildman–Crippen MR) is 128 cm³/mol. The fraction of sp³-hybridized carbons (Fsp3) is 0.692. The lowest BCUT2D eigenvalue weighted by molar-refractivity contribution is -0.114. The average molecular weight is 427 g/mol. The lowest BCUT2D eigenvalue weighted by atomic mass is 9.74. The molecule has 5 nitrogen and oxygen atoms in total. The maximum absolute atomic E-state index is 12.4. The molecule has 0 amide bonds. The highest BCUT2D eigenvalue weighted by Gasteiger charge is 2.36. The van der Waals surface area contributed by atoms with Crippen LogP contribution in [0.2, 0.25) is 0 Å². The summed E-state index contributed by atoms with van der Waals surface area (Å²) in [5.41, 5.74) is 0.701. The number of carbonyl (C=O) groups excluding carboxylic acids is 1. The van der Waals surface area contributed by atoms with Crippen molar-refractivity contribution in [2.45, 2.75) is 95.2 Å². The first kappa shape index (κ1) is 23.8. The van der Waals surface area contributed by atoms with Gasteiger partial charge in [0.25, 0.3) is 0 Å². The fourth-order valence-corrected chi connectivity index (χ4v) is 5.64. The summed E-state index contributed by atoms with van der Waals surface area (Å²) in [6.45, 7) is 0.904. The van der Waals surface area contributed by atoms with Crippen molar-refractivity contribution in [2.75, 3.05) is 7.05 Å². The average Bonchev–Trinajstić information content (AvgIpc) is 2.83. The van der Waals surface area contributed by atoms with E-state index in [1.54, 1.807) is 7.05 Å². The Morgan fingerprint density at radius 3 is 2.52 bits per heavy atom. The van der Waals surface area contributed by atoms with Crippen molar-refractivity contribution < 1.29 is 4.79 Å². The third kappa shape index (κ3) is 7.64. The van der Waals surface area contributed by atoms with Crippen LogP contribution in [0, 0.1) is 17.2 Å². The van der Waals surface area contributed by atoms with Crippen LogP contribution < -0.4 is 16.0 Å². The summed E-state index contributed by atoms with van der Waals surface area (Å²) < 4.78 is 0. The van der Waals surface area contributed by atoms with E-state index in [9.17, 15) is 4.79 Å². The molecule has 0 aromatic heterocycles. The minimum atomic E-state index is -0.622. The number of aldehydes is 1. The minimum Gasteiger partial charge on any atom is -0.360 e. The summed E-state index contributed by atoms with van der Waals surface area (Å²) in [7, 11) is 1.75. The Morgan fingerprint density at radius 2 is 1.81 bits per heavy atom. The SMILES string of the molecule is CNC(=N)N[C@](C=O)(CCC1CCCCC1)C[C@@H]1CCCC(NCc2ccccc2)C1. The van der Waals surface area contributed by atoms with Crippen LogP contribution >= 0.6 is 0 Å². The molecule has 2 saturated carbocycles. The molecule has 31 heavy (non-hydrogen) atoms. The van der Waals surface area contributed by atoms with Crippen LogP contribution in [-0.4, -0.2) is 30.9 Å². The molecule has 0 spiro atoms. The van der Waals surface area contributed by atoms with E-state index in [0.717, 1.165) is 44.4 Å². The molecule has 1 unspecified atom stereocenters. The Bertz CT molecular complexity index is 673. The van der Waals surface area contributed by atoms with Crippen LogP contribution in [0.3, 0.4) is 0 Å². The Kier molecular flexibility index (Phi) is 9.38. The number of benzene rings is 1. The first-order valence-electron chi connectivity index (χ1n) is 12.4. The molecule has 3 atom stereocenters. The summed E-state index contributed by atoms with van der Waals surface area (Å²) in [4.78, 5) is 12.4. The highest BCUT2D eigenvalue weighted by molar-refractivity contribution is 5.81. The molecule has 3 rings (SSSR count). The second-order valence-electron chi connectivity index (χ2n) is 9.87. The summed E-state index contributed by atoms with van der Waals surface area (Å²) in [5, 5.41) is 18.0. The van der Waals surface area contributed by atoms with Gasteiger partial charge >= 0.3 is 0 Å². The van der Waals surface area contributed by atoms with E-state index < -0.39 is 5.54 Å². The van der Waals surface area contributed by atoms with Crippen LogP contribution in [0.1, 0.15) is 82.6 Å². The van der Waals surface area contributed by atoms with Crippen molar-refractivity contribution in [3.05, 3.63) is 35.9 Å². The lowest BCUT2D eigenvalue weighted by Crippen LogP contribution is -2.54. The highest BCUT2D eigenvalue weighted by Crippen LogP contribution is 2.35. The largest absolute Gasteiger partial charge is 0.360 e. The van der Waals surface area contributed by atoms with Gasteiger partial charge in [-0.1, -0.05) is 75.3 Å². The predicted octanol–water partition coefficient (Wildman–Crippen LogP) is 4.77. The third-order valence-electron chi connectivity index (χ3n) is 7.45. The molecule has 172 valence electrons. The Balaban J connectivity index is 1.58. The van der Waals surface area contributed by atoms with Gasteiger partial charge in [-0.05, 0) is 49.5 Å². The van der Waals surface area contributed by atoms with Crippen LogP contribution in [0.25, 0.3) is 0 Å².